The van der Waals surface area contributed by atoms with Gasteiger partial charge in [-0.2, -0.15) is 15.3 Å². The van der Waals surface area contributed by atoms with E-state index in [1.165, 1.54) is 11.1 Å². The molecule has 9 nitrogen and oxygen atoms in total. The van der Waals surface area contributed by atoms with Gasteiger partial charge in [-0.25, -0.2) is 4.98 Å². The first-order chi connectivity index (χ1) is 17.2. The average Bonchev–Trinajstić information content (AvgIpc) is 3.60. The Morgan fingerprint density at radius 1 is 0.971 bits per heavy atom. The van der Waals surface area contributed by atoms with Crippen LogP contribution in [0.15, 0.2) is 66.2 Å². The van der Waals surface area contributed by atoms with Gasteiger partial charge >= 0.3 is 0 Å². The molecule has 2 aromatic carbocycles. The number of H-pyrrole nitrogens is 2. The van der Waals surface area contributed by atoms with Crippen molar-refractivity contribution in [2.75, 3.05) is 0 Å². The third-order valence-electron chi connectivity index (χ3n) is 6.96. The number of hydrogen-bond donors (Lipinski definition) is 3. The second-order valence-corrected chi connectivity index (χ2v) is 8.95. The molecule has 7 rings (SSSR count). The summed E-state index contributed by atoms with van der Waals surface area (Å²) in [5.74, 6) is 0. The summed E-state index contributed by atoms with van der Waals surface area (Å²) < 4.78 is 2.08. The van der Waals surface area contributed by atoms with Crippen molar-refractivity contribution in [3.05, 3.63) is 89.0 Å². The number of nitrogens with zero attached hydrogens (tertiary/aromatic N) is 6. The van der Waals surface area contributed by atoms with E-state index in [1.54, 1.807) is 11.2 Å². The molecule has 5 heterocycles. The number of aromatic amines is 2. The number of hydrazone groups is 1. The first-order valence-corrected chi connectivity index (χ1v) is 11.5. The Kier molecular flexibility index (Phi) is 4.27. The second-order valence-electron chi connectivity index (χ2n) is 8.95. The minimum absolute atomic E-state index is 0.476. The smallest absolute Gasteiger partial charge is 0.184 e. The molecular weight excluding hydrogens is 440 g/mol. The molecule has 9 heteroatoms. The Hall–Kier alpha value is -4.50. The Labute approximate surface area is 199 Å². The molecule has 0 radical (unpaired) electrons. The summed E-state index contributed by atoms with van der Waals surface area (Å²) >= 11 is 0. The van der Waals surface area contributed by atoms with Crippen molar-refractivity contribution in [1.82, 2.24) is 35.0 Å². The van der Waals surface area contributed by atoms with E-state index in [0.717, 1.165) is 56.1 Å². The molecule has 0 amide bonds. The second kappa shape index (κ2) is 7.51. The molecule has 4 aromatic heterocycles. The van der Waals surface area contributed by atoms with Crippen molar-refractivity contribution in [3.8, 4) is 0 Å². The van der Waals surface area contributed by atoms with E-state index in [4.69, 9.17) is 0 Å². The number of hydrogen-bond acceptors (Lipinski definition) is 6. The zero-order chi connectivity index (χ0) is 23.5. The van der Waals surface area contributed by atoms with Crippen molar-refractivity contribution in [2.24, 2.45) is 12.1 Å². The molecule has 0 aliphatic carbocycles. The lowest BCUT2D eigenvalue weighted by atomic mass is 10.0. The van der Waals surface area contributed by atoms with E-state index < -0.39 is 6.23 Å². The summed E-state index contributed by atoms with van der Waals surface area (Å²) in [5.41, 5.74) is 8.03. The monoisotopic (exact) mass is 462 g/mol. The molecule has 35 heavy (non-hydrogen) atoms. The number of fused-ring (bicyclic) bond motifs is 5. The molecular formula is C26H22N8O. The van der Waals surface area contributed by atoms with E-state index in [1.807, 2.05) is 49.9 Å². The van der Waals surface area contributed by atoms with E-state index in [0.29, 0.717) is 6.54 Å². The fourth-order valence-electron chi connectivity index (χ4n) is 5.17. The lowest BCUT2D eigenvalue weighted by Gasteiger charge is -2.29. The standard InChI is InChI=1S/C26H22N8O/c1-33-23-10-15(9-16-7-8-27-25-20(16)12-29-32-25)5-6-18(23)21-13-30-34(26(35)24(21)33)14-17-3-2-4-22-19(17)11-28-31-22/h2-8,10-13,26,35H,9,14H2,1H3,(H,28,31)(H,27,29,32). The van der Waals surface area contributed by atoms with Crippen LogP contribution in [0.3, 0.4) is 0 Å². The molecule has 3 N–H and O–H groups in total. The van der Waals surface area contributed by atoms with Crippen LogP contribution in [-0.2, 0) is 20.0 Å². The van der Waals surface area contributed by atoms with Gasteiger partial charge < -0.3 is 9.67 Å². The molecule has 1 aliphatic heterocycles. The maximum absolute atomic E-state index is 11.3. The topological polar surface area (TPSA) is 111 Å². The number of aryl methyl sites for hydroxylation is 1. The molecule has 0 fully saturated rings. The van der Waals surface area contributed by atoms with Gasteiger partial charge in [-0.1, -0.05) is 24.3 Å². The summed E-state index contributed by atoms with van der Waals surface area (Å²) in [6.45, 7) is 0.476. The molecule has 6 aromatic rings. The number of aromatic nitrogens is 6. The predicted octanol–water partition coefficient (Wildman–Crippen LogP) is 3.76. The Bertz CT molecular complexity index is 1760. The SMILES string of the molecule is Cn1c2c(c3ccc(Cc4ccnc5[nH]ncc45)cc31)C=NN(Cc1cccc3[nH]ncc13)C2O. The van der Waals surface area contributed by atoms with Gasteiger partial charge in [0.1, 0.15) is 0 Å². The van der Waals surface area contributed by atoms with Crippen molar-refractivity contribution in [3.63, 3.8) is 0 Å². The van der Waals surface area contributed by atoms with Gasteiger partial charge in [-0.3, -0.25) is 15.2 Å². The van der Waals surface area contributed by atoms with Crippen LogP contribution < -0.4 is 0 Å². The van der Waals surface area contributed by atoms with Gasteiger partial charge in [-0.05, 0) is 41.3 Å². The molecule has 0 saturated carbocycles. The number of aliphatic hydroxyl groups excluding tert-OH is 1. The largest absolute Gasteiger partial charge is 0.367 e. The zero-order valence-corrected chi connectivity index (χ0v) is 19.0. The number of rotatable bonds is 4. The van der Waals surface area contributed by atoms with Crippen LogP contribution in [0.4, 0.5) is 0 Å². The van der Waals surface area contributed by atoms with Crippen molar-refractivity contribution in [2.45, 2.75) is 19.2 Å². The van der Waals surface area contributed by atoms with Gasteiger partial charge in [-0.15, -0.1) is 0 Å². The average molecular weight is 463 g/mol. The Balaban J connectivity index is 1.24. The molecule has 1 atom stereocenters. The summed E-state index contributed by atoms with van der Waals surface area (Å²) in [7, 11) is 2.00. The Morgan fingerprint density at radius 2 is 1.86 bits per heavy atom. The fraction of sp³-hybridized carbons (Fsp3) is 0.154. The van der Waals surface area contributed by atoms with Crippen LogP contribution in [0.5, 0.6) is 0 Å². The number of benzene rings is 2. The van der Waals surface area contributed by atoms with Gasteiger partial charge in [0.15, 0.2) is 11.9 Å². The van der Waals surface area contributed by atoms with E-state index >= 15 is 0 Å². The van der Waals surface area contributed by atoms with Crippen molar-refractivity contribution in [1.29, 1.82) is 0 Å². The van der Waals surface area contributed by atoms with Crippen LogP contribution in [-0.4, -0.2) is 46.3 Å². The lowest BCUT2D eigenvalue weighted by Crippen LogP contribution is -2.28. The lowest BCUT2D eigenvalue weighted by molar-refractivity contribution is -0.00970. The highest BCUT2D eigenvalue weighted by Crippen LogP contribution is 2.35. The molecule has 0 saturated heterocycles. The van der Waals surface area contributed by atoms with Crippen LogP contribution >= 0.6 is 0 Å². The first kappa shape index (κ1) is 19.9. The van der Waals surface area contributed by atoms with E-state index in [9.17, 15) is 5.11 Å². The quantitative estimate of drug-likeness (QED) is 0.369. The minimum atomic E-state index is -0.858. The fourth-order valence-corrected chi connectivity index (χ4v) is 5.17. The van der Waals surface area contributed by atoms with Crippen molar-refractivity contribution >= 4 is 39.1 Å². The highest BCUT2D eigenvalue weighted by Gasteiger charge is 2.29. The third-order valence-corrected chi connectivity index (χ3v) is 6.96. The van der Waals surface area contributed by atoms with Crippen LogP contribution in [0.25, 0.3) is 32.8 Å². The van der Waals surface area contributed by atoms with Gasteiger partial charge in [0.2, 0.25) is 0 Å². The number of nitrogens with one attached hydrogen (secondary N) is 2. The zero-order valence-electron chi connectivity index (χ0n) is 19.0. The van der Waals surface area contributed by atoms with Crippen LogP contribution in [0.1, 0.15) is 34.2 Å². The summed E-state index contributed by atoms with van der Waals surface area (Å²) in [5, 5.41) is 35.0. The van der Waals surface area contributed by atoms with Gasteiger partial charge in [0.05, 0.1) is 36.4 Å². The first-order valence-electron chi connectivity index (χ1n) is 11.5. The highest BCUT2D eigenvalue weighted by atomic mass is 16.3. The maximum Gasteiger partial charge on any atom is 0.184 e. The minimum Gasteiger partial charge on any atom is -0.367 e. The van der Waals surface area contributed by atoms with E-state index in [-0.39, 0.29) is 0 Å². The molecule has 172 valence electrons. The molecule has 1 unspecified atom stereocenters. The normalized spacial score (nSPS) is 15.5. The molecule has 0 bridgehead atoms. The third kappa shape index (κ3) is 3.05. The van der Waals surface area contributed by atoms with E-state index in [2.05, 4.69) is 53.2 Å². The highest BCUT2D eigenvalue weighted by molar-refractivity contribution is 6.02. The number of aliphatic hydroxyl groups is 1. The molecule has 0 spiro atoms. The predicted molar refractivity (Wildman–Crippen MR) is 134 cm³/mol. The number of pyridine rings is 1. The Morgan fingerprint density at radius 3 is 2.80 bits per heavy atom. The van der Waals surface area contributed by atoms with Crippen molar-refractivity contribution < 1.29 is 5.11 Å². The van der Waals surface area contributed by atoms with Gasteiger partial charge in [0.25, 0.3) is 0 Å². The molecule has 1 aliphatic rings. The van der Waals surface area contributed by atoms with Crippen LogP contribution in [0.2, 0.25) is 0 Å². The summed E-state index contributed by atoms with van der Waals surface area (Å²) in [6, 6.07) is 14.5. The summed E-state index contributed by atoms with van der Waals surface area (Å²) in [4.78, 5) is 4.34. The van der Waals surface area contributed by atoms with Gasteiger partial charge in [0, 0.05) is 40.5 Å². The maximum atomic E-state index is 11.3. The summed E-state index contributed by atoms with van der Waals surface area (Å²) in [6.07, 6.45) is 7.21. The van der Waals surface area contributed by atoms with Crippen LogP contribution in [0, 0.1) is 0 Å².